The number of carbonyl (C=O) groups is 1. The third kappa shape index (κ3) is 5.37. The highest BCUT2D eigenvalue weighted by atomic mass is 16.6. The maximum atomic E-state index is 11.9. The predicted octanol–water partition coefficient (Wildman–Crippen LogP) is 1.39. The van der Waals surface area contributed by atoms with Gasteiger partial charge in [-0.05, 0) is 33.6 Å². The number of hydrogen-bond donors (Lipinski definition) is 1. The number of hydrogen-bond acceptors (Lipinski definition) is 4. The van der Waals surface area contributed by atoms with Gasteiger partial charge in [0.1, 0.15) is 5.60 Å². The normalized spacial score (nSPS) is 22.8. The number of aliphatic hydroxyl groups excluding tert-OH is 1. The van der Waals surface area contributed by atoms with Crippen LogP contribution in [0.25, 0.3) is 0 Å². The molecule has 0 aromatic heterocycles. The van der Waals surface area contributed by atoms with Crippen LogP contribution in [0.5, 0.6) is 0 Å². The van der Waals surface area contributed by atoms with Crippen molar-refractivity contribution in [3.05, 3.63) is 0 Å². The van der Waals surface area contributed by atoms with Crippen molar-refractivity contribution in [1.82, 2.24) is 4.90 Å². The molecule has 100 valence electrons. The Kier molecular flexibility index (Phi) is 5.21. The molecule has 0 aliphatic carbocycles. The molecule has 1 fully saturated rings. The van der Waals surface area contributed by atoms with Gasteiger partial charge in [-0.3, -0.25) is 0 Å². The molecule has 1 atom stereocenters. The van der Waals surface area contributed by atoms with Crippen LogP contribution in [0.3, 0.4) is 0 Å². The molecule has 1 heterocycles. The molecule has 1 aliphatic rings. The number of rotatable bonds is 1. The van der Waals surface area contributed by atoms with Gasteiger partial charge < -0.3 is 19.5 Å². The molecule has 0 unspecified atom stereocenters. The van der Waals surface area contributed by atoms with E-state index in [0.29, 0.717) is 19.7 Å². The maximum Gasteiger partial charge on any atom is 0.410 e. The second kappa shape index (κ2) is 6.21. The Morgan fingerprint density at radius 3 is 2.76 bits per heavy atom. The van der Waals surface area contributed by atoms with Crippen molar-refractivity contribution in [2.45, 2.75) is 45.3 Å². The molecule has 0 spiro atoms. The Labute approximate surface area is 103 Å². The third-order valence-corrected chi connectivity index (χ3v) is 2.46. The summed E-state index contributed by atoms with van der Waals surface area (Å²) in [5, 5.41) is 9.14. The minimum absolute atomic E-state index is 0.0701. The zero-order valence-electron chi connectivity index (χ0n) is 10.9. The first kappa shape index (κ1) is 14.3. The lowest BCUT2D eigenvalue weighted by atomic mass is 10.2. The summed E-state index contributed by atoms with van der Waals surface area (Å²) >= 11 is 0. The fourth-order valence-electron chi connectivity index (χ4n) is 1.65. The van der Waals surface area contributed by atoms with Crippen LogP contribution in [0.4, 0.5) is 4.79 Å². The summed E-state index contributed by atoms with van der Waals surface area (Å²) in [6.45, 7) is 7.16. The average molecular weight is 245 g/mol. The maximum absolute atomic E-state index is 11.9. The van der Waals surface area contributed by atoms with Crippen LogP contribution < -0.4 is 0 Å². The average Bonchev–Trinajstić information content (AvgIpc) is 2.14. The van der Waals surface area contributed by atoms with Gasteiger partial charge in [-0.25, -0.2) is 4.79 Å². The number of ether oxygens (including phenoxy) is 2. The van der Waals surface area contributed by atoms with Crippen molar-refractivity contribution >= 4 is 6.09 Å². The van der Waals surface area contributed by atoms with Gasteiger partial charge in [0.05, 0.1) is 19.3 Å². The molecule has 0 radical (unpaired) electrons. The van der Waals surface area contributed by atoms with E-state index in [9.17, 15) is 4.79 Å². The molecule has 0 aromatic carbocycles. The topological polar surface area (TPSA) is 59.0 Å². The van der Waals surface area contributed by atoms with Crippen LogP contribution in [-0.2, 0) is 9.47 Å². The van der Waals surface area contributed by atoms with Gasteiger partial charge in [0.2, 0.25) is 0 Å². The first-order valence-corrected chi connectivity index (χ1v) is 6.13. The highest BCUT2D eigenvalue weighted by Gasteiger charge is 2.25. The van der Waals surface area contributed by atoms with Crippen LogP contribution in [0.2, 0.25) is 0 Å². The van der Waals surface area contributed by atoms with Crippen molar-refractivity contribution in [2.24, 2.45) is 0 Å². The zero-order valence-corrected chi connectivity index (χ0v) is 10.9. The van der Waals surface area contributed by atoms with Crippen molar-refractivity contribution in [2.75, 3.05) is 26.3 Å². The minimum atomic E-state index is -0.491. The molecular formula is C12H23NO4. The summed E-state index contributed by atoms with van der Waals surface area (Å²) in [6.07, 6.45) is 1.16. The van der Waals surface area contributed by atoms with Crippen molar-refractivity contribution in [3.8, 4) is 0 Å². The van der Waals surface area contributed by atoms with E-state index in [1.165, 1.54) is 0 Å². The van der Waals surface area contributed by atoms with Gasteiger partial charge in [-0.15, -0.1) is 0 Å². The highest BCUT2D eigenvalue weighted by Crippen LogP contribution is 2.13. The van der Waals surface area contributed by atoms with E-state index >= 15 is 0 Å². The lowest BCUT2D eigenvalue weighted by Gasteiger charge is -2.31. The first-order valence-electron chi connectivity index (χ1n) is 6.13. The second-order valence-electron chi connectivity index (χ2n) is 5.31. The Morgan fingerprint density at radius 1 is 1.47 bits per heavy atom. The van der Waals surface area contributed by atoms with Crippen LogP contribution in [0, 0.1) is 0 Å². The zero-order chi connectivity index (χ0) is 12.9. The summed E-state index contributed by atoms with van der Waals surface area (Å²) in [6, 6.07) is 0. The second-order valence-corrected chi connectivity index (χ2v) is 5.31. The van der Waals surface area contributed by atoms with Gasteiger partial charge in [0.25, 0.3) is 0 Å². The molecule has 0 bridgehead atoms. The summed E-state index contributed by atoms with van der Waals surface area (Å²) in [5.41, 5.74) is -0.491. The molecule has 1 rings (SSSR count). The Balaban J connectivity index is 2.56. The summed E-state index contributed by atoms with van der Waals surface area (Å²) in [7, 11) is 0. The van der Waals surface area contributed by atoms with E-state index in [0.717, 1.165) is 12.8 Å². The van der Waals surface area contributed by atoms with Gasteiger partial charge in [0, 0.05) is 13.2 Å². The monoisotopic (exact) mass is 245 g/mol. The fraction of sp³-hybridized carbons (Fsp3) is 0.917. The standard InChI is InChI=1S/C12H23NO4/c1-12(2,3)17-11(15)13-6-4-5-7-16-10(8-13)9-14/h10,14H,4-9H2,1-3H3/t10-/m0/s1. The molecule has 17 heavy (non-hydrogen) atoms. The molecule has 1 saturated heterocycles. The van der Waals surface area contributed by atoms with E-state index in [1.807, 2.05) is 20.8 Å². The van der Waals surface area contributed by atoms with Gasteiger partial charge >= 0.3 is 6.09 Å². The van der Waals surface area contributed by atoms with Crippen molar-refractivity contribution < 1.29 is 19.4 Å². The van der Waals surface area contributed by atoms with Crippen molar-refractivity contribution in [1.29, 1.82) is 0 Å². The number of amides is 1. The number of nitrogens with zero attached hydrogens (tertiary/aromatic N) is 1. The predicted molar refractivity (Wildman–Crippen MR) is 63.9 cm³/mol. The molecule has 1 aliphatic heterocycles. The van der Waals surface area contributed by atoms with Crippen LogP contribution >= 0.6 is 0 Å². The molecule has 0 aromatic rings. The van der Waals surface area contributed by atoms with Gasteiger partial charge in [0.15, 0.2) is 0 Å². The number of carbonyl (C=O) groups excluding carboxylic acids is 1. The minimum Gasteiger partial charge on any atom is -0.444 e. The van der Waals surface area contributed by atoms with E-state index in [2.05, 4.69) is 0 Å². The first-order chi connectivity index (χ1) is 7.92. The van der Waals surface area contributed by atoms with E-state index in [1.54, 1.807) is 4.90 Å². The smallest absolute Gasteiger partial charge is 0.410 e. The van der Waals surface area contributed by atoms with Crippen LogP contribution in [-0.4, -0.2) is 54.1 Å². The molecule has 1 amide bonds. The fourth-order valence-corrected chi connectivity index (χ4v) is 1.65. The van der Waals surface area contributed by atoms with E-state index in [-0.39, 0.29) is 18.8 Å². The summed E-state index contributed by atoms with van der Waals surface area (Å²) in [5.74, 6) is 0. The Morgan fingerprint density at radius 2 is 2.18 bits per heavy atom. The molecule has 0 saturated carbocycles. The number of aliphatic hydroxyl groups is 1. The molecular weight excluding hydrogens is 222 g/mol. The SMILES string of the molecule is CC(C)(C)OC(=O)N1CCCCO[C@H](CO)C1. The van der Waals surface area contributed by atoms with Gasteiger partial charge in [-0.1, -0.05) is 0 Å². The largest absolute Gasteiger partial charge is 0.444 e. The summed E-state index contributed by atoms with van der Waals surface area (Å²) < 4.78 is 10.8. The van der Waals surface area contributed by atoms with E-state index in [4.69, 9.17) is 14.6 Å². The Hall–Kier alpha value is -0.810. The lowest BCUT2D eigenvalue weighted by molar-refractivity contribution is -0.0315. The van der Waals surface area contributed by atoms with Gasteiger partial charge in [-0.2, -0.15) is 0 Å². The molecule has 5 heteroatoms. The lowest BCUT2D eigenvalue weighted by Crippen LogP contribution is -2.44. The summed E-state index contributed by atoms with van der Waals surface area (Å²) in [4.78, 5) is 13.5. The quantitative estimate of drug-likeness (QED) is 0.758. The van der Waals surface area contributed by atoms with E-state index < -0.39 is 5.60 Å². The van der Waals surface area contributed by atoms with Crippen LogP contribution in [0.15, 0.2) is 0 Å². The molecule has 1 N–H and O–H groups in total. The Bertz CT molecular complexity index is 249. The van der Waals surface area contributed by atoms with Crippen molar-refractivity contribution in [3.63, 3.8) is 0 Å². The highest BCUT2D eigenvalue weighted by molar-refractivity contribution is 5.68. The van der Waals surface area contributed by atoms with Crippen LogP contribution in [0.1, 0.15) is 33.6 Å². The molecule has 5 nitrogen and oxygen atoms in total. The third-order valence-electron chi connectivity index (χ3n) is 2.46.